The number of nitrogens with zero attached hydrogens (tertiary/aromatic N) is 5. The summed E-state index contributed by atoms with van der Waals surface area (Å²) < 4.78 is 57.1. The average molecular weight is 739 g/mol. The van der Waals surface area contributed by atoms with Gasteiger partial charge in [0, 0.05) is 76.1 Å². The maximum absolute atomic E-state index is 15.8. The zero-order valence-electron chi connectivity index (χ0n) is 30.6. The van der Waals surface area contributed by atoms with Crippen molar-refractivity contribution in [3.8, 4) is 0 Å². The fourth-order valence-electron chi connectivity index (χ4n) is 8.72. The van der Waals surface area contributed by atoms with Gasteiger partial charge in [-0.25, -0.2) is 13.9 Å². The number of halogens is 1. The molecular weight excluding hydrogens is 692 g/mol. The van der Waals surface area contributed by atoms with Gasteiger partial charge >= 0.3 is 15.8 Å². The average Bonchev–Trinajstić information content (AvgIpc) is 3.72. The summed E-state index contributed by atoms with van der Waals surface area (Å²) in [6.07, 6.45) is 3.37. The lowest BCUT2D eigenvalue weighted by Crippen LogP contribution is -2.53. The van der Waals surface area contributed by atoms with Crippen molar-refractivity contribution in [3.63, 3.8) is 0 Å². The van der Waals surface area contributed by atoms with Crippen LogP contribution in [0.2, 0.25) is 0 Å². The third kappa shape index (κ3) is 6.24. The van der Waals surface area contributed by atoms with Crippen molar-refractivity contribution >= 4 is 44.4 Å². The zero-order valence-corrected chi connectivity index (χ0v) is 31.4. The maximum Gasteiger partial charge on any atom is 0.341 e. The number of methoxy groups -OCH3 is 1. The Kier molecular flexibility index (Phi) is 9.59. The summed E-state index contributed by atoms with van der Waals surface area (Å²) in [5.74, 6) is -2.59. The van der Waals surface area contributed by atoms with Crippen molar-refractivity contribution < 1.29 is 31.6 Å². The summed E-state index contributed by atoms with van der Waals surface area (Å²) in [6.45, 7) is 7.22. The fourth-order valence-corrected chi connectivity index (χ4v) is 10.4. The highest BCUT2D eigenvalue weighted by atomic mass is 32.2. The first-order chi connectivity index (χ1) is 24.7. The van der Waals surface area contributed by atoms with E-state index >= 15 is 4.39 Å². The Morgan fingerprint density at radius 1 is 1.02 bits per heavy atom. The van der Waals surface area contributed by atoms with Crippen molar-refractivity contribution in [2.75, 3.05) is 70.8 Å². The van der Waals surface area contributed by atoms with Crippen molar-refractivity contribution in [1.29, 1.82) is 0 Å². The minimum Gasteiger partial charge on any atom is -0.422 e. The molecule has 0 saturated carbocycles. The highest BCUT2D eigenvalue weighted by Gasteiger charge is 2.47. The molecule has 2 amide bonds. The number of piperazine rings is 1. The van der Waals surface area contributed by atoms with E-state index in [9.17, 15) is 22.8 Å². The number of carbonyl (C=O) groups excluding carboxylic acids is 2. The topological polar surface area (TPSA) is 136 Å². The summed E-state index contributed by atoms with van der Waals surface area (Å²) in [4.78, 5) is 48.4. The Morgan fingerprint density at radius 3 is 2.37 bits per heavy atom. The third-order valence-electron chi connectivity index (χ3n) is 11.5. The highest BCUT2D eigenvalue weighted by Crippen LogP contribution is 2.40. The standard InChI is InChI=1S/C37H47FN6O7S/c1-21-15-31(42-14-13-41(5)25(18-42)20-50-6)22(2)34-33(21)26-11-12-43(19-29(26)37(47)51-34)36(46)27-17-32(40(3)4)28(16-30(27)38)35(45)39-52(48,49)44-23-7-8-24(44)10-9-23/h15-17,23-25H,7-14,18-20H2,1-6H3,(H,39,45). The number of carbonyl (C=O) groups is 2. The Balaban J connectivity index is 1.15. The van der Waals surface area contributed by atoms with Crippen LogP contribution in [-0.4, -0.2) is 114 Å². The fraction of sp³-hybridized carbons (Fsp3) is 0.541. The number of amides is 2. The minimum absolute atomic E-state index is 0.0702. The predicted molar refractivity (Wildman–Crippen MR) is 196 cm³/mol. The van der Waals surface area contributed by atoms with Crippen LogP contribution in [0.5, 0.6) is 0 Å². The molecule has 13 nitrogen and oxygen atoms in total. The first-order valence-corrected chi connectivity index (χ1v) is 19.3. The minimum atomic E-state index is -4.14. The lowest BCUT2D eigenvalue weighted by atomic mass is 9.92. The Bertz CT molecular complexity index is 2100. The molecule has 1 atom stereocenters. The van der Waals surface area contributed by atoms with Gasteiger partial charge in [0.25, 0.3) is 11.8 Å². The van der Waals surface area contributed by atoms with Crippen LogP contribution in [0.4, 0.5) is 15.8 Å². The van der Waals surface area contributed by atoms with Crippen molar-refractivity contribution in [2.24, 2.45) is 0 Å². The monoisotopic (exact) mass is 738 g/mol. The lowest BCUT2D eigenvalue weighted by molar-refractivity contribution is 0.0727. The molecule has 7 rings (SSSR count). The molecule has 1 unspecified atom stereocenters. The predicted octanol–water partition coefficient (Wildman–Crippen LogP) is 3.18. The van der Waals surface area contributed by atoms with Crippen LogP contribution in [0.25, 0.3) is 11.0 Å². The second-order valence-corrected chi connectivity index (χ2v) is 16.4. The molecule has 0 radical (unpaired) electrons. The van der Waals surface area contributed by atoms with Gasteiger partial charge in [0.05, 0.1) is 41.6 Å². The summed E-state index contributed by atoms with van der Waals surface area (Å²) in [5.41, 5.74) is 3.72. The normalized spacial score (nSPS) is 22.2. The molecule has 3 fully saturated rings. The number of nitrogens with one attached hydrogen (secondary N) is 1. The van der Waals surface area contributed by atoms with Crippen LogP contribution < -0.4 is 20.1 Å². The van der Waals surface area contributed by atoms with E-state index in [1.54, 1.807) is 21.2 Å². The third-order valence-corrected chi connectivity index (χ3v) is 13.1. The number of benzene rings is 2. The van der Waals surface area contributed by atoms with E-state index < -0.39 is 33.5 Å². The van der Waals surface area contributed by atoms with Gasteiger partial charge in [-0.2, -0.15) is 12.7 Å². The van der Waals surface area contributed by atoms with Crippen LogP contribution in [-0.2, 0) is 27.9 Å². The molecule has 3 saturated heterocycles. The molecule has 15 heteroatoms. The highest BCUT2D eigenvalue weighted by molar-refractivity contribution is 7.87. The molecule has 4 aliphatic rings. The SMILES string of the molecule is COCC1CN(c2cc(C)c3c4c(c(=O)oc3c2C)CN(C(=O)c2cc(N(C)C)c(C(=O)NS(=O)(=O)N3C5CCC3CC5)cc2F)CC4)CCN1C. The molecule has 5 heterocycles. The van der Waals surface area contributed by atoms with E-state index in [-0.39, 0.29) is 48.0 Å². The molecule has 280 valence electrons. The first kappa shape index (κ1) is 36.3. The van der Waals surface area contributed by atoms with Gasteiger partial charge in [-0.15, -0.1) is 0 Å². The molecule has 2 bridgehead atoms. The van der Waals surface area contributed by atoms with Gasteiger partial charge in [-0.05, 0) is 82.3 Å². The molecule has 2 aromatic carbocycles. The van der Waals surface area contributed by atoms with Gasteiger partial charge < -0.3 is 23.9 Å². The van der Waals surface area contributed by atoms with Crippen LogP contribution in [0.1, 0.15) is 68.7 Å². The largest absolute Gasteiger partial charge is 0.422 e. The molecular formula is C37H47FN6O7S. The van der Waals surface area contributed by atoms with Gasteiger partial charge in [0.1, 0.15) is 11.4 Å². The Hall–Kier alpha value is -4.05. The smallest absolute Gasteiger partial charge is 0.341 e. The van der Waals surface area contributed by atoms with Gasteiger partial charge in [-0.3, -0.25) is 14.5 Å². The second kappa shape index (κ2) is 13.7. The molecule has 3 aromatic rings. The van der Waals surface area contributed by atoms with Crippen molar-refractivity contribution in [3.05, 3.63) is 67.8 Å². The Labute approximate surface area is 303 Å². The number of anilines is 2. The summed E-state index contributed by atoms with van der Waals surface area (Å²) >= 11 is 0. The van der Waals surface area contributed by atoms with Crippen LogP contribution in [0.15, 0.2) is 27.4 Å². The number of ether oxygens (including phenoxy) is 1. The molecule has 1 aromatic heterocycles. The number of likely N-dealkylation sites (N-methyl/N-ethyl adjacent to an activating group) is 1. The van der Waals surface area contributed by atoms with E-state index in [0.29, 0.717) is 24.2 Å². The number of hydrogen-bond donors (Lipinski definition) is 1. The van der Waals surface area contributed by atoms with Crippen molar-refractivity contribution in [1.82, 2.24) is 18.8 Å². The quantitative estimate of drug-likeness (QED) is 0.344. The maximum atomic E-state index is 15.8. The summed E-state index contributed by atoms with van der Waals surface area (Å²) in [7, 11) is 2.90. The Morgan fingerprint density at radius 2 is 1.71 bits per heavy atom. The summed E-state index contributed by atoms with van der Waals surface area (Å²) in [6, 6.07) is 4.26. The van der Waals surface area contributed by atoms with Gasteiger partial charge in [0.2, 0.25) is 0 Å². The van der Waals surface area contributed by atoms with E-state index in [2.05, 4.69) is 27.6 Å². The molecule has 0 spiro atoms. The van der Waals surface area contributed by atoms with Gasteiger partial charge in [-0.1, -0.05) is 0 Å². The van der Waals surface area contributed by atoms with E-state index in [0.717, 1.165) is 79.1 Å². The zero-order chi connectivity index (χ0) is 37.2. The number of hydrogen-bond acceptors (Lipinski definition) is 10. The van der Waals surface area contributed by atoms with E-state index in [1.165, 1.54) is 20.2 Å². The van der Waals surface area contributed by atoms with Gasteiger partial charge in [0.15, 0.2) is 0 Å². The molecule has 52 heavy (non-hydrogen) atoms. The van der Waals surface area contributed by atoms with E-state index in [4.69, 9.17) is 9.15 Å². The van der Waals surface area contributed by atoms with Crippen LogP contribution >= 0.6 is 0 Å². The van der Waals surface area contributed by atoms with Crippen LogP contribution in [0, 0.1) is 19.7 Å². The number of aryl methyl sites for hydroxylation is 2. The lowest BCUT2D eigenvalue weighted by Gasteiger charge is -2.41. The number of fused-ring (bicyclic) bond motifs is 5. The molecule has 4 aliphatic heterocycles. The van der Waals surface area contributed by atoms with Crippen LogP contribution in [0.3, 0.4) is 0 Å². The molecule has 0 aliphatic carbocycles. The molecule has 1 N–H and O–H groups in total. The first-order valence-electron chi connectivity index (χ1n) is 17.9. The summed E-state index contributed by atoms with van der Waals surface area (Å²) in [5, 5.41) is 0.860. The van der Waals surface area contributed by atoms with Crippen molar-refractivity contribution in [2.45, 2.75) is 70.6 Å². The number of rotatable bonds is 8. The van der Waals surface area contributed by atoms with E-state index in [1.807, 2.05) is 13.8 Å². The second-order valence-electron chi connectivity index (χ2n) is 14.9.